The SMILES string of the molecule is Cc1[nH]n(-c2ccc(Cl)nn2)c(=O)c1N. The summed E-state index contributed by atoms with van der Waals surface area (Å²) in [7, 11) is 0. The Morgan fingerprint density at radius 2 is 2.20 bits per heavy atom. The number of nitrogens with one attached hydrogen (secondary N) is 1. The van der Waals surface area contributed by atoms with Gasteiger partial charge >= 0.3 is 0 Å². The normalized spacial score (nSPS) is 10.5. The lowest BCUT2D eigenvalue weighted by atomic mass is 10.4. The lowest BCUT2D eigenvalue weighted by molar-refractivity contribution is 0.782. The minimum absolute atomic E-state index is 0.173. The van der Waals surface area contributed by atoms with E-state index in [2.05, 4.69) is 15.3 Å². The van der Waals surface area contributed by atoms with Gasteiger partial charge in [0.05, 0.1) is 5.69 Å². The van der Waals surface area contributed by atoms with E-state index in [9.17, 15) is 4.79 Å². The Balaban J connectivity index is 2.59. The summed E-state index contributed by atoms with van der Waals surface area (Å²) in [5.41, 5.74) is 5.95. The van der Waals surface area contributed by atoms with Crippen molar-refractivity contribution in [1.29, 1.82) is 0 Å². The van der Waals surface area contributed by atoms with E-state index in [1.54, 1.807) is 19.1 Å². The molecule has 2 rings (SSSR count). The molecule has 2 aromatic rings. The number of anilines is 1. The highest BCUT2D eigenvalue weighted by Crippen LogP contribution is 2.07. The fourth-order valence-electron chi connectivity index (χ4n) is 1.15. The summed E-state index contributed by atoms with van der Waals surface area (Å²) in [6.07, 6.45) is 0. The Bertz CT molecular complexity index is 541. The molecule has 0 aliphatic carbocycles. The van der Waals surface area contributed by atoms with Crippen molar-refractivity contribution in [3.8, 4) is 5.82 Å². The van der Waals surface area contributed by atoms with E-state index in [4.69, 9.17) is 17.3 Å². The van der Waals surface area contributed by atoms with Crippen LogP contribution >= 0.6 is 11.6 Å². The van der Waals surface area contributed by atoms with E-state index in [1.165, 1.54) is 4.68 Å². The molecular weight excluding hydrogens is 218 g/mol. The van der Waals surface area contributed by atoms with E-state index < -0.39 is 0 Å². The van der Waals surface area contributed by atoms with Gasteiger partial charge in [0.15, 0.2) is 11.0 Å². The molecule has 0 radical (unpaired) electrons. The lowest BCUT2D eigenvalue weighted by Gasteiger charge is -1.97. The zero-order valence-electron chi connectivity index (χ0n) is 7.86. The smallest absolute Gasteiger partial charge is 0.296 e. The fraction of sp³-hybridized carbons (Fsp3) is 0.125. The lowest BCUT2D eigenvalue weighted by Crippen LogP contribution is -2.18. The number of hydrogen-bond donors (Lipinski definition) is 2. The van der Waals surface area contributed by atoms with Crippen LogP contribution in [0.2, 0.25) is 5.15 Å². The van der Waals surface area contributed by atoms with Crippen LogP contribution in [0.4, 0.5) is 5.69 Å². The molecule has 0 aliphatic rings. The first-order chi connectivity index (χ1) is 7.09. The van der Waals surface area contributed by atoms with Crippen molar-refractivity contribution in [3.05, 3.63) is 33.3 Å². The first-order valence-corrected chi connectivity index (χ1v) is 4.54. The van der Waals surface area contributed by atoms with Crippen LogP contribution in [0.15, 0.2) is 16.9 Å². The molecular formula is C8H8ClN5O. The highest BCUT2D eigenvalue weighted by molar-refractivity contribution is 6.29. The van der Waals surface area contributed by atoms with Crippen molar-refractivity contribution in [2.45, 2.75) is 6.92 Å². The van der Waals surface area contributed by atoms with Gasteiger partial charge in [0.1, 0.15) is 5.69 Å². The quantitative estimate of drug-likeness (QED) is 0.740. The zero-order chi connectivity index (χ0) is 11.0. The molecule has 2 aromatic heterocycles. The molecule has 0 aromatic carbocycles. The van der Waals surface area contributed by atoms with Crippen LogP contribution < -0.4 is 11.3 Å². The molecule has 7 heteroatoms. The summed E-state index contributed by atoms with van der Waals surface area (Å²) < 4.78 is 1.22. The molecule has 0 fully saturated rings. The van der Waals surface area contributed by atoms with Crippen LogP contribution in [0.3, 0.4) is 0 Å². The molecule has 6 nitrogen and oxygen atoms in total. The predicted octanol–water partition coefficient (Wildman–Crippen LogP) is 0.500. The molecule has 2 heterocycles. The number of hydrogen-bond acceptors (Lipinski definition) is 4. The molecule has 0 amide bonds. The average Bonchev–Trinajstić information content (AvgIpc) is 2.47. The third kappa shape index (κ3) is 1.59. The van der Waals surface area contributed by atoms with Gasteiger partial charge in [-0.2, -0.15) is 4.68 Å². The monoisotopic (exact) mass is 225 g/mol. The van der Waals surface area contributed by atoms with Crippen molar-refractivity contribution in [2.24, 2.45) is 0 Å². The number of aromatic nitrogens is 4. The second-order valence-corrected chi connectivity index (χ2v) is 3.39. The molecule has 3 N–H and O–H groups in total. The maximum atomic E-state index is 11.6. The van der Waals surface area contributed by atoms with Crippen molar-refractivity contribution in [1.82, 2.24) is 20.0 Å². The molecule has 0 spiro atoms. The van der Waals surface area contributed by atoms with Gasteiger partial charge in [0.2, 0.25) is 0 Å². The van der Waals surface area contributed by atoms with Gasteiger partial charge in [-0.25, -0.2) is 0 Å². The van der Waals surface area contributed by atoms with Crippen LogP contribution in [-0.2, 0) is 0 Å². The molecule has 78 valence electrons. The number of rotatable bonds is 1. The van der Waals surface area contributed by atoms with Crippen molar-refractivity contribution < 1.29 is 0 Å². The molecule has 0 unspecified atom stereocenters. The number of nitrogens with zero attached hydrogens (tertiary/aromatic N) is 3. The fourth-order valence-corrected chi connectivity index (χ4v) is 1.25. The molecule has 0 saturated heterocycles. The summed E-state index contributed by atoms with van der Waals surface area (Å²) in [5.74, 6) is 0.351. The Morgan fingerprint density at radius 3 is 2.67 bits per heavy atom. The van der Waals surface area contributed by atoms with Gasteiger partial charge in [0.25, 0.3) is 5.56 Å². The molecule has 0 aliphatic heterocycles. The molecule has 0 atom stereocenters. The number of aromatic amines is 1. The number of nitrogen functional groups attached to an aromatic ring is 1. The third-order valence-electron chi connectivity index (χ3n) is 1.96. The Kier molecular flexibility index (Phi) is 2.20. The molecule has 15 heavy (non-hydrogen) atoms. The highest BCUT2D eigenvalue weighted by Gasteiger charge is 2.09. The topological polar surface area (TPSA) is 89.6 Å². The number of aryl methyl sites for hydroxylation is 1. The first-order valence-electron chi connectivity index (χ1n) is 4.16. The standard InChI is InChI=1S/C8H8ClN5O/c1-4-7(10)8(15)14(13-4)6-3-2-5(9)11-12-6/h2-3,13H,10H2,1H3. The second kappa shape index (κ2) is 3.39. The number of halogens is 1. The number of nitrogens with two attached hydrogens (primary N) is 1. The van der Waals surface area contributed by atoms with E-state index in [0.717, 1.165) is 0 Å². The summed E-state index contributed by atoms with van der Waals surface area (Å²) in [4.78, 5) is 11.6. The van der Waals surface area contributed by atoms with Gasteiger partial charge in [-0.3, -0.25) is 9.89 Å². The van der Waals surface area contributed by atoms with Crippen molar-refractivity contribution >= 4 is 17.3 Å². The average molecular weight is 226 g/mol. The van der Waals surface area contributed by atoms with Crippen LogP contribution in [-0.4, -0.2) is 20.0 Å². The van der Waals surface area contributed by atoms with Crippen LogP contribution in [0.1, 0.15) is 5.69 Å². The Morgan fingerprint density at radius 1 is 1.47 bits per heavy atom. The molecule has 0 bridgehead atoms. The highest BCUT2D eigenvalue weighted by atomic mass is 35.5. The van der Waals surface area contributed by atoms with Crippen LogP contribution in [0.25, 0.3) is 5.82 Å². The van der Waals surface area contributed by atoms with Crippen molar-refractivity contribution in [3.63, 3.8) is 0 Å². The second-order valence-electron chi connectivity index (χ2n) is 3.01. The summed E-state index contributed by atoms with van der Waals surface area (Å²) >= 11 is 5.58. The van der Waals surface area contributed by atoms with Crippen molar-refractivity contribution in [2.75, 3.05) is 5.73 Å². The van der Waals surface area contributed by atoms with Gasteiger partial charge < -0.3 is 5.73 Å². The van der Waals surface area contributed by atoms with Gasteiger partial charge in [0, 0.05) is 0 Å². The first kappa shape index (κ1) is 9.72. The van der Waals surface area contributed by atoms with Crippen LogP contribution in [0, 0.1) is 6.92 Å². The predicted molar refractivity (Wildman–Crippen MR) is 56.1 cm³/mol. The zero-order valence-corrected chi connectivity index (χ0v) is 8.62. The Labute approximate surface area is 89.7 Å². The maximum absolute atomic E-state index is 11.6. The summed E-state index contributed by atoms with van der Waals surface area (Å²) in [6, 6.07) is 3.12. The molecule has 0 saturated carbocycles. The maximum Gasteiger partial charge on any atom is 0.296 e. The number of H-pyrrole nitrogens is 1. The van der Waals surface area contributed by atoms with Crippen LogP contribution in [0.5, 0.6) is 0 Å². The summed E-state index contributed by atoms with van der Waals surface area (Å²) in [6.45, 7) is 1.70. The Hall–Kier alpha value is -1.82. The van der Waals surface area contributed by atoms with E-state index in [0.29, 0.717) is 11.5 Å². The van der Waals surface area contributed by atoms with E-state index in [-0.39, 0.29) is 16.4 Å². The van der Waals surface area contributed by atoms with Gasteiger partial charge in [-0.15, -0.1) is 10.2 Å². The van der Waals surface area contributed by atoms with E-state index in [1.807, 2.05) is 0 Å². The largest absolute Gasteiger partial charge is 0.393 e. The van der Waals surface area contributed by atoms with Gasteiger partial charge in [-0.1, -0.05) is 11.6 Å². The van der Waals surface area contributed by atoms with E-state index >= 15 is 0 Å². The third-order valence-corrected chi connectivity index (χ3v) is 2.17. The minimum atomic E-state index is -0.343. The summed E-state index contributed by atoms with van der Waals surface area (Å²) in [5, 5.41) is 10.4. The van der Waals surface area contributed by atoms with Gasteiger partial charge in [-0.05, 0) is 19.1 Å². The minimum Gasteiger partial charge on any atom is -0.393 e.